The van der Waals surface area contributed by atoms with E-state index in [1.165, 1.54) is 31.6 Å². The Balaban J connectivity index is 2.10. The minimum Gasteiger partial charge on any atom is -0.300 e. The van der Waals surface area contributed by atoms with Crippen LogP contribution in [0.3, 0.4) is 0 Å². The van der Waals surface area contributed by atoms with Gasteiger partial charge in [0.1, 0.15) is 0 Å². The van der Waals surface area contributed by atoms with Gasteiger partial charge in [-0.3, -0.25) is 4.90 Å². The molecule has 1 rings (SSSR count). The van der Waals surface area contributed by atoms with Gasteiger partial charge in [0.15, 0.2) is 0 Å². The molecule has 52 valence electrons. The lowest BCUT2D eigenvalue weighted by Crippen LogP contribution is -2.36. The molecule has 9 heavy (non-hydrogen) atoms. The zero-order valence-electron chi connectivity index (χ0n) is 6.35. The van der Waals surface area contributed by atoms with Crippen molar-refractivity contribution in [1.82, 2.24) is 4.90 Å². The molecular formula is C8H15N. The molecule has 1 nitrogen and oxygen atoms in total. The highest BCUT2D eigenvalue weighted by atomic mass is 15.2. The molecule has 0 aromatic carbocycles. The average Bonchev–Trinajstić information content (AvgIpc) is 1.60. The van der Waals surface area contributed by atoms with Crippen LogP contribution in [0.5, 0.6) is 0 Å². The highest BCUT2D eigenvalue weighted by Crippen LogP contribution is 2.05. The molecule has 0 amide bonds. The number of rotatable bonds is 2. The normalized spacial score (nSPS) is 18.9. The molecular weight excluding hydrogens is 110 g/mol. The predicted molar refractivity (Wildman–Crippen MR) is 40.5 cm³/mol. The summed E-state index contributed by atoms with van der Waals surface area (Å²) in [6, 6.07) is 0. The number of likely N-dealkylation sites (tertiary alicyclic amines) is 1. The molecule has 1 heteroatoms. The molecule has 1 fully saturated rings. The first-order chi connectivity index (χ1) is 4.29. The van der Waals surface area contributed by atoms with Gasteiger partial charge in [-0.1, -0.05) is 11.6 Å². The van der Waals surface area contributed by atoms with Crippen LogP contribution in [0.2, 0.25) is 0 Å². The minimum atomic E-state index is 1.17. The zero-order chi connectivity index (χ0) is 6.69. The van der Waals surface area contributed by atoms with Crippen LogP contribution in [0.4, 0.5) is 0 Å². The van der Waals surface area contributed by atoms with Crippen molar-refractivity contribution < 1.29 is 0 Å². The minimum absolute atomic E-state index is 1.17. The Morgan fingerprint density at radius 2 is 2.11 bits per heavy atom. The third-order valence-corrected chi connectivity index (χ3v) is 1.71. The number of hydrogen-bond donors (Lipinski definition) is 0. The lowest BCUT2D eigenvalue weighted by molar-refractivity contribution is 0.203. The fraction of sp³-hybridized carbons (Fsp3) is 0.750. The van der Waals surface area contributed by atoms with Crippen molar-refractivity contribution in [3.8, 4) is 0 Å². The van der Waals surface area contributed by atoms with Crippen LogP contribution in [0.25, 0.3) is 0 Å². The summed E-state index contributed by atoms with van der Waals surface area (Å²) in [5.74, 6) is 0. The van der Waals surface area contributed by atoms with E-state index in [1.54, 1.807) is 0 Å². The largest absolute Gasteiger partial charge is 0.300 e. The van der Waals surface area contributed by atoms with E-state index in [2.05, 4.69) is 24.8 Å². The number of allylic oxidation sites excluding steroid dienone is 1. The van der Waals surface area contributed by atoms with Gasteiger partial charge < -0.3 is 0 Å². The molecule has 0 saturated carbocycles. The molecule has 0 N–H and O–H groups in total. The fourth-order valence-electron chi connectivity index (χ4n) is 0.876. The van der Waals surface area contributed by atoms with Gasteiger partial charge in [-0.05, 0) is 33.4 Å². The highest BCUT2D eigenvalue weighted by molar-refractivity contribution is 4.95. The van der Waals surface area contributed by atoms with Crippen LogP contribution < -0.4 is 0 Å². The summed E-state index contributed by atoms with van der Waals surface area (Å²) >= 11 is 0. The Kier molecular flexibility index (Phi) is 2.29. The first-order valence-electron chi connectivity index (χ1n) is 3.65. The van der Waals surface area contributed by atoms with Gasteiger partial charge in [-0.15, -0.1) is 0 Å². The maximum atomic E-state index is 2.45. The summed E-state index contributed by atoms with van der Waals surface area (Å²) < 4.78 is 0. The lowest BCUT2D eigenvalue weighted by atomic mass is 10.2. The van der Waals surface area contributed by atoms with Crippen molar-refractivity contribution in [2.24, 2.45) is 0 Å². The Morgan fingerprint density at radius 1 is 1.44 bits per heavy atom. The summed E-state index contributed by atoms with van der Waals surface area (Å²) in [6.07, 6.45) is 3.69. The Labute approximate surface area is 57.4 Å². The molecule has 0 aromatic heterocycles. The number of nitrogens with zero attached hydrogens (tertiary/aromatic N) is 1. The second-order valence-electron chi connectivity index (χ2n) is 2.94. The van der Waals surface area contributed by atoms with Crippen molar-refractivity contribution in [1.29, 1.82) is 0 Å². The van der Waals surface area contributed by atoms with E-state index in [-0.39, 0.29) is 0 Å². The van der Waals surface area contributed by atoms with Gasteiger partial charge in [0, 0.05) is 6.54 Å². The molecule has 1 aliphatic rings. The molecule has 1 saturated heterocycles. The maximum absolute atomic E-state index is 2.45. The second-order valence-corrected chi connectivity index (χ2v) is 2.94. The third-order valence-electron chi connectivity index (χ3n) is 1.71. The smallest absolute Gasteiger partial charge is 0.0165 e. The average molecular weight is 125 g/mol. The van der Waals surface area contributed by atoms with Gasteiger partial charge in [-0.25, -0.2) is 0 Å². The molecule has 0 atom stereocenters. The van der Waals surface area contributed by atoms with Crippen molar-refractivity contribution >= 4 is 0 Å². The van der Waals surface area contributed by atoms with E-state index < -0.39 is 0 Å². The van der Waals surface area contributed by atoms with Gasteiger partial charge in [0.05, 0.1) is 0 Å². The first kappa shape index (κ1) is 6.81. The van der Waals surface area contributed by atoms with Crippen LogP contribution in [0, 0.1) is 0 Å². The topological polar surface area (TPSA) is 3.24 Å². The van der Waals surface area contributed by atoms with Crippen LogP contribution in [0.15, 0.2) is 11.6 Å². The van der Waals surface area contributed by atoms with Crippen LogP contribution in [-0.2, 0) is 0 Å². The monoisotopic (exact) mass is 125 g/mol. The zero-order valence-corrected chi connectivity index (χ0v) is 6.35. The Bertz CT molecular complexity index is 108. The van der Waals surface area contributed by atoms with Gasteiger partial charge in [0.25, 0.3) is 0 Å². The Morgan fingerprint density at radius 3 is 2.44 bits per heavy atom. The van der Waals surface area contributed by atoms with Crippen LogP contribution >= 0.6 is 0 Å². The lowest BCUT2D eigenvalue weighted by Gasteiger charge is -2.29. The molecule has 0 radical (unpaired) electrons. The van der Waals surface area contributed by atoms with E-state index >= 15 is 0 Å². The molecule has 0 unspecified atom stereocenters. The van der Waals surface area contributed by atoms with Crippen molar-refractivity contribution in [2.45, 2.75) is 20.3 Å². The van der Waals surface area contributed by atoms with E-state index in [1.807, 2.05) is 0 Å². The Hall–Kier alpha value is -0.300. The molecule has 1 aliphatic heterocycles. The van der Waals surface area contributed by atoms with E-state index in [4.69, 9.17) is 0 Å². The van der Waals surface area contributed by atoms with Gasteiger partial charge >= 0.3 is 0 Å². The van der Waals surface area contributed by atoms with Crippen molar-refractivity contribution in [3.05, 3.63) is 11.6 Å². The van der Waals surface area contributed by atoms with Crippen LogP contribution in [-0.4, -0.2) is 24.5 Å². The summed E-state index contributed by atoms with van der Waals surface area (Å²) in [7, 11) is 0. The SMILES string of the molecule is CC(C)=CCN1CCC1. The molecule has 0 aliphatic carbocycles. The van der Waals surface area contributed by atoms with Gasteiger partial charge in [0.2, 0.25) is 0 Å². The predicted octanol–water partition coefficient (Wildman–Crippen LogP) is 1.66. The molecule has 0 bridgehead atoms. The quantitative estimate of drug-likeness (QED) is 0.507. The highest BCUT2D eigenvalue weighted by Gasteiger charge is 2.10. The summed E-state index contributed by atoms with van der Waals surface area (Å²) in [5, 5.41) is 0. The third kappa shape index (κ3) is 2.19. The first-order valence-corrected chi connectivity index (χ1v) is 3.65. The standard InChI is InChI=1S/C8H15N/c1-8(2)4-7-9-5-3-6-9/h4H,3,5-7H2,1-2H3. The van der Waals surface area contributed by atoms with E-state index in [9.17, 15) is 0 Å². The second kappa shape index (κ2) is 3.02. The van der Waals surface area contributed by atoms with E-state index in [0.717, 1.165) is 0 Å². The fourth-order valence-corrected chi connectivity index (χ4v) is 0.876. The van der Waals surface area contributed by atoms with E-state index in [0.29, 0.717) is 0 Å². The van der Waals surface area contributed by atoms with Gasteiger partial charge in [-0.2, -0.15) is 0 Å². The van der Waals surface area contributed by atoms with Crippen LogP contribution in [0.1, 0.15) is 20.3 Å². The molecule has 0 spiro atoms. The summed E-state index contributed by atoms with van der Waals surface area (Å²) in [4.78, 5) is 2.45. The summed E-state index contributed by atoms with van der Waals surface area (Å²) in [5.41, 5.74) is 1.43. The van der Waals surface area contributed by atoms with Crippen molar-refractivity contribution in [2.75, 3.05) is 19.6 Å². The number of hydrogen-bond acceptors (Lipinski definition) is 1. The maximum Gasteiger partial charge on any atom is 0.0165 e. The summed E-state index contributed by atoms with van der Waals surface area (Å²) in [6.45, 7) is 8.09. The molecule has 1 heterocycles. The van der Waals surface area contributed by atoms with Crippen molar-refractivity contribution in [3.63, 3.8) is 0 Å². The molecule has 0 aromatic rings.